The average molecular weight is 440 g/mol. The van der Waals surface area contributed by atoms with Crippen molar-refractivity contribution < 1.29 is 2.74 Å². The van der Waals surface area contributed by atoms with Crippen LogP contribution in [0.5, 0.6) is 0 Å². The molecule has 3 aliphatic heterocycles. The summed E-state index contributed by atoms with van der Waals surface area (Å²) in [4.78, 5) is 4.68. The summed E-state index contributed by atoms with van der Waals surface area (Å²) in [6.45, 7) is 2.25. The van der Waals surface area contributed by atoms with Crippen molar-refractivity contribution in [2.24, 2.45) is 0 Å². The van der Waals surface area contributed by atoms with Gasteiger partial charge in [-0.3, -0.25) is 0 Å². The fraction of sp³-hybridized carbons (Fsp3) is 0.226. The molecule has 2 nitrogen and oxygen atoms in total. The molecule has 4 aromatic rings. The Morgan fingerprint density at radius 2 is 1.56 bits per heavy atom. The minimum atomic E-state index is -0.995. The number of hydrogen-bond acceptors (Lipinski definition) is 2. The van der Waals surface area contributed by atoms with E-state index < -0.39 is 11.9 Å². The maximum absolute atomic E-state index is 9.90. The van der Waals surface area contributed by atoms with Gasteiger partial charge in [-0.05, 0) is 77.6 Å². The number of aryl methyl sites for hydroxylation is 1. The lowest BCUT2D eigenvalue weighted by Crippen LogP contribution is -2.62. The molecule has 1 saturated carbocycles. The standard InChI is InChI=1S/C31H27BN2/c1-20-18-28-30-29(19-20)34-26-16-7-5-12-22(26)23-13-9-15-25(31(23)34)32(30)24-14-6-8-17-27(24)33(28)21-10-3-2-4-11-21/h2-4,6,8-11,13-15,17-19,22,26H,5,7,12,16H2,1H3/i22D,26D. The molecule has 0 radical (unpaired) electrons. The second kappa shape index (κ2) is 6.79. The van der Waals surface area contributed by atoms with Crippen molar-refractivity contribution >= 4 is 51.5 Å². The van der Waals surface area contributed by atoms with E-state index in [0.29, 0.717) is 0 Å². The van der Waals surface area contributed by atoms with Gasteiger partial charge in [0.05, 0.1) is 1.37 Å². The van der Waals surface area contributed by atoms with Crippen molar-refractivity contribution in [3.05, 3.63) is 96.1 Å². The number of nitrogens with zero attached hydrogens (tertiary/aromatic N) is 2. The van der Waals surface area contributed by atoms with Crippen molar-refractivity contribution in [2.75, 3.05) is 9.80 Å². The highest BCUT2D eigenvalue weighted by molar-refractivity contribution is 7.00. The number of anilines is 5. The minimum Gasteiger partial charge on any atom is -0.338 e. The number of para-hydroxylation sites is 3. The van der Waals surface area contributed by atoms with E-state index in [1.54, 1.807) is 0 Å². The van der Waals surface area contributed by atoms with Gasteiger partial charge in [0.15, 0.2) is 0 Å². The predicted molar refractivity (Wildman–Crippen MR) is 144 cm³/mol. The topological polar surface area (TPSA) is 6.48 Å². The van der Waals surface area contributed by atoms with Crippen molar-refractivity contribution in [1.82, 2.24) is 0 Å². The molecule has 4 aliphatic rings. The van der Waals surface area contributed by atoms with E-state index in [-0.39, 0.29) is 6.71 Å². The lowest BCUT2D eigenvalue weighted by molar-refractivity contribution is 0.402. The van der Waals surface area contributed by atoms with Gasteiger partial charge in [0.25, 0.3) is 6.71 Å². The molecule has 0 bridgehead atoms. The van der Waals surface area contributed by atoms with Crippen LogP contribution in [0.25, 0.3) is 0 Å². The van der Waals surface area contributed by atoms with Crippen LogP contribution >= 0.6 is 0 Å². The summed E-state index contributed by atoms with van der Waals surface area (Å²) in [6, 6.07) is 29.5. The molecule has 3 heteroatoms. The van der Waals surface area contributed by atoms with E-state index in [9.17, 15) is 2.74 Å². The average Bonchev–Trinajstić information content (AvgIpc) is 3.11. The molecule has 164 valence electrons. The van der Waals surface area contributed by atoms with E-state index in [2.05, 4.69) is 102 Å². The van der Waals surface area contributed by atoms with Gasteiger partial charge >= 0.3 is 0 Å². The van der Waals surface area contributed by atoms with Crippen LogP contribution in [0.2, 0.25) is 0 Å². The third kappa shape index (κ3) is 2.32. The van der Waals surface area contributed by atoms with E-state index in [0.717, 1.165) is 48.3 Å². The molecule has 0 saturated heterocycles. The molecule has 0 N–H and O–H groups in total. The van der Waals surface area contributed by atoms with Crippen LogP contribution in [-0.4, -0.2) is 12.7 Å². The molecule has 2 atom stereocenters. The molecule has 3 heterocycles. The Kier molecular flexibility index (Phi) is 3.40. The molecule has 1 aliphatic carbocycles. The molecule has 8 rings (SSSR count). The summed E-state index contributed by atoms with van der Waals surface area (Å²) >= 11 is 0. The van der Waals surface area contributed by atoms with Crippen LogP contribution in [0.4, 0.5) is 28.4 Å². The van der Waals surface area contributed by atoms with E-state index in [4.69, 9.17) is 0 Å². The Labute approximate surface area is 204 Å². The van der Waals surface area contributed by atoms with Crippen molar-refractivity contribution in [3.63, 3.8) is 0 Å². The van der Waals surface area contributed by atoms with E-state index >= 15 is 0 Å². The summed E-state index contributed by atoms with van der Waals surface area (Å²) in [5.74, 6) is -0.917. The van der Waals surface area contributed by atoms with Gasteiger partial charge in [0.2, 0.25) is 0 Å². The smallest absolute Gasteiger partial charge is 0.252 e. The van der Waals surface area contributed by atoms with Gasteiger partial charge in [-0.2, -0.15) is 0 Å². The first-order valence-electron chi connectivity index (χ1n) is 13.6. The number of rotatable bonds is 1. The quantitative estimate of drug-likeness (QED) is 0.305. The van der Waals surface area contributed by atoms with Crippen LogP contribution in [0.3, 0.4) is 0 Å². The van der Waals surface area contributed by atoms with Crippen LogP contribution in [-0.2, 0) is 0 Å². The van der Waals surface area contributed by atoms with Gasteiger partial charge in [-0.25, -0.2) is 0 Å². The maximum atomic E-state index is 9.90. The molecule has 34 heavy (non-hydrogen) atoms. The normalized spacial score (nSPS) is 26.2. The van der Waals surface area contributed by atoms with Crippen LogP contribution in [0, 0.1) is 6.92 Å². The highest BCUT2D eigenvalue weighted by Gasteiger charge is 2.50. The Morgan fingerprint density at radius 1 is 0.794 bits per heavy atom. The molecule has 1 fully saturated rings. The summed E-state index contributed by atoms with van der Waals surface area (Å²) in [5.41, 5.74) is 11.8. The van der Waals surface area contributed by atoms with Gasteiger partial charge in [-0.1, -0.05) is 67.4 Å². The van der Waals surface area contributed by atoms with Gasteiger partial charge in [0, 0.05) is 41.7 Å². The zero-order valence-corrected chi connectivity index (χ0v) is 19.4. The van der Waals surface area contributed by atoms with Crippen molar-refractivity contribution in [2.45, 2.75) is 44.5 Å². The summed E-state index contributed by atoms with van der Waals surface area (Å²) in [6.07, 6.45) is 3.48. The largest absolute Gasteiger partial charge is 0.338 e. The number of fused-ring (bicyclic) bond motifs is 7. The van der Waals surface area contributed by atoms with Crippen LogP contribution < -0.4 is 26.2 Å². The van der Waals surface area contributed by atoms with Gasteiger partial charge in [0.1, 0.15) is 0 Å². The Balaban J connectivity index is 1.51. The van der Waals surface area contributed by atoms with Gasteiger partial charge < -0.3 is 9.80 Å². The summed E-state index contributed by atoms with van der Waals surface area (Å²) in [7, 11) is 0. The number of benzene rings is 4. The molecule has 2 unspecified atom stereocenters. The summed E-state index contributed by atoms with van der Waals surface area (Å²) < 4.78 is 19.6. The van der Waals surface area contributed by atoms with Crippen LogP contribution in [0.1, 0.15) is 45.4 Å². The van der Waals surface area contributed by atoms with Crippen molar-refractivity contribution in [3.8, 4) is 0 Å². The Hall–Kier alpha value is -3.46. The second-order valence-electron chi connectivity index (χ2n) is 10.1. The molecular formula is C31H27BN2. The third-order valence-electron chi connectivity index (χ3n) is 8.19. The summed E-state index contributed by atoms with van der Waals surface area (Å²) in [5, 5.41) is 0. The third-order valence-corrected chi connectivity index (χ3v) is 8.19. The predicted octanol–water partition coefficient (Wildman–Crippen LogP) is 5.79. The van der Waals surface area contributed by atoms with E-state index in [1.807, 2.05) is 0 Å². The minimum absolute atomic E-state index is 0.0883. The zero-order valence-electron chi connectivity index (χ0n) is 21.4. The zero-order chi connectivity index (χ0) is 24.2. The molecule has 0 spiro atoms. The highest BCUT2D eigenvalue weighted by atomic mass is 15.2. The molecule has 0 aromatic heterocycles. The SMILES string of the molecule is [2H]C12CCCCC1([2H])N1c3cc(C)cc4c3B(c3ccccc3N4c3ccccc3)c3cccc2c31. The lowest BCUT2D eigenvalue weighted by atomic mass is 9.33. The second-order valence-corrected chi connectivity index (χ2v) is 10.1. The maximum Gasteiger partial charge on any atom is 0.252 e. The monoisotopic (exact) mass is 440 g/mol. The Bertz CT molecular complexity index is 1570. The van der Waals surface area contributed by atoms with Crippen LogP contribution in [0.15, 0.2) is 84.9 Å². The van der Waals surface area contributed by atoms with E-state index in [1.165, 1.54) is 33.3 Å². The fourth-order valence-electron chi connectivity index (χ4n) is 6.94. The highest BCUT2D eigenvalue weighted by Crippen LogP contribution is 2.53. The lowest BCUT2D eigenvalue weighted by Gasteiger charge is -2.45. The fourth-order valence-corrected chi connectivity index (χ4v) is 6.94. The Morgan fingerprint density at radius 3 is 2.47 bits per heavy atom. The van der Waals surface area contributed by atoms with Gasteiger partial charge in [-0.15, -0.1) is 0 Å². The molecule has 0 amide bonds. The number of hydrogen-bond donors (Lipinski definition) is 0. The first kappa shape index (κ1) is 17.0. The first-order chi connectivity index (χ1) is 17.5. The first-order valence-corrected chi connectivity index (χ1v) is 12.6. The molecule has 4 aromatic carbocycles. The molecular weight excluding hydrogens is 411 g/mol. The van der Waals surface area contributed by atoms with Crippen molar-refractivity contribution in [1.29, 1.82) is 0 Å².